The molecule has 0 radical (unpaired) electrons. The molecule has 1 aromatic heterocycles. The summed E-state index contributed by atoms with van der Waals surface area (Å²) in [6.07, 6.45) is 5.59. The van der Waals surface area contributed by atoms with Crippen LogP contribution >= 0.6 is 0 Å². The van der Waals surface area contributed by atoms with E-state index in [1.165, 1.54) is 24.3 Å². The van der Waals surface area contributed by atoms with Gasteiger partial charge in [0.1, 0.15) is 5.82 Å². The van der Waals surface area contributed by atoms with Crippen molar-refractivity contribution in [3.8, 4) is 0 Å². The van der Waals surface area contributed by atoms with Crippen molar-refractivity contribution in [1.82, 2.24) is 10.3 Å². The number of rotatable bonds is 6. The molecule has 0 aliphatic carbocycles. The molecule has 0 saturated heterocycles. The van der Waals surface area contributed by atoms with Crippen LogP contribution < -0.4 is 10.0 Å². The fraction of sp³-hybridized carbons (Fsp3) is 0.176. The van der Waals surface area contributed by atoms with E-state index in [1.54, 1.807) is 12.3 Å². The number of anilines is 1. The Morgan fingerprint density at radius 1 is 1.28 bits per heavy atom. The third-order valence-electron chi connectivity index (χ3n) is 3.16. The van der Waals surface area contributed by atoms with Gasteiger partial charge in [-0.1, -0.05) is 12.1 Å². The van der Waals surface area contributed by atoms with Crippen LogP contribution in [0.15, 0.2) is 42.6 Å². The summed E-state index contributed by atoms with van der Waals surface area (Å²) >= 11 is 0. The molecule has 0 saturated carbocycles. The van der Waals surface area contributed by atoms with E-state index < -0.39 is 15.8 Å². The largest absolute Gasteiger partial charge is 0.348 e. The number of benzene rings is 1. The van der Waals surface area contributed by atoms with E-state index in [9.17, 15) is 17.6 Å². The number of carbonyl (C=O) groups is 1. The number of hydrogen-bond acceptors (Lipinski definition) is 4. The fourth-order valence-electron chi connectivity index (χ4n) is 1.95. The lowest BCUT2D eigenvalue weighted by Gasteiger charge is -2.08. The number of sulfonamides is 1. The first-order valence-electron chi connectivity index (χ1n) is 7.38. The standard InChI is InChI=1S/C17H18FN3O3S/c1-12-3-4-13(10-19-12)6-8-17(22)20-11-14-5-7-16(15(18)9-14)21-25(2,23)24/h3-10,21H,11H2,1-2H3,(H,20,22)/b8-6+. The molecule has 1 aromatic carbocycles. The van der Waals surface area contributed by atoms with E-state index in [0.29, 0.717) is 5.56 Å². The van der Waals surface area contributed by atoms with Gasteiger partial charge in [0.05, 0.1) is 11.9 Å². The van der Waals surface area contributed by atoms with Gasteiger partial charge in [-0.25, -0.2) is 12.8 Å². The summed E-state index contributed by atoms with van der Waals surface area (Å²) in [5, 5.41) is 2.62. The van der Waals surface area contributed by atoms with Gasteiger partial charge in [0.25, 0.3) is 0 Å². The third-order valence-corrected chi connectivity index (χ3v) is 3.75. The van der Waals surface area contributed by atoms with Gasteiger partial charge in [0.15, 0.2) is 0 Å². The average molecular weight is 363 g/mol. The molecule has 2 rings (SSSR count). The molecule has 132 valence electrons. The zero-order valence-electron chi connectivity index (χ0n) is 13.8. The molecule has 8 heteroatoms. The third kappa shape index (κ3) is 6.34. The molecule has 0 atom stereocenters. The second-order valence-electron chi connectivity index (χ2n) is 5.47. The van der Waals surface area contributed by atoms with Crippen molar-refractivity contribution in [2.24, 2.45) is 0 Å². The Morgan fingerprint density at radius 2 is 2.04 bits per heavy atom. The molecular formula is C17H18FN3O3S. The van der Waals surface area contributed by atoms with Crippen LogP contribution in [-0.2, 0) is 21.4 Å². The summed E-state index contributed by atoms with van der Waals surface area (Å²) in [6.45, 7) is 1.99. The summed E-state index contributed by atoms with van der Waals surface area (Å²) in [4.78, 5) is 15.9. The number of halogens is 1. The van der Waals surface area contributed by atoms with Gasteiger partial charge < -0.3 is 5.32 Å². The normalized spacial score (nSPS) is 11.5. The topological polar surface area (TPSA) is 88.2 Å². The molecule has 0 spiro atoms. The lowest BCUT2D eigenvalue weighted by atomic mass is 10.2. The molecule has 1 amide bonds. The number of amides is 1. The zero-order valence-corrected chi connectivity index (χ0v) is 14.6. The van der Waals surface area contributed by atoms with Crippen molar-refractivity contribution in [2.75, 3.05) is 11.0 Å². The molecule has 1 heterocycles. The van der Waals surface area contributed by atoms with E-state index in [4.69, 9.17) is 0 Å². The Bertz CT molecular complexity index is 894. The van der Waals surface area contributed by atoms with Crippen molar-refractivity contribution in [3.05, 3.63) is 65.2 Å². The van der Waals surface area contributed by atoms with Crippen molar-refractivity contribution in [3.63, 3.8) is 0 Å². The Morgan fingerprint density at radius 3 is 2.64 bits per heavy atom. The smallest absolute Gasteiger partial charge is 0.244 e. The molecule has 2 aromatic rings. The lowest BCUT2D eigenvalue weighted by molar-refractivity contribution is -0.116. The summed E-state index contributed by atoms with van der Waals surface area (Å²) in [7, 11) is -3.55. The van der Waals surface area contributed by atoms with Gasteiger partial charge in [0, 0.05) is 24.5 Å². The highest BCUT2D eigenvalue weighted by molar-refractivity contribution is 7.92. The molecule has 0 bridgehead atoms. The van der Waals surface area contributed by atoms with E-state index in [-0.39, 0.29) is 18.1 Å². The van der Waals surface area contributed by atoms with Gasteiger partial charge in [-0.3, -0.25) is 14.5 Å². The van der Waals surface area contributed by atoms with Crippen LogP contribution in [-0.4, -0.2) is 25.6 Å². The van der Waals surface area contributed by atoms with E-state index in [1.807, 2.05) is 19.1 Å². The maximum Gasteiger partial charge on any atom is 0.244 e. The highest BCUT2D eigenvalue weighted by Crippen LogP contribution is 2.16. The lowest BCUT2D eigenvalue weighted by Crippen LogP contribution is -2.20. The van der Waals surface area contributed by atoms with E-state index >= 15 is 0 Å². The van der Waals surface area contributed by atoms with Gasteiger partial charge in [-0.05, 0) is 42.3 Å². The molecule has 2 N–H and O–H groups in total. The average Bonchev–Trinajstić information content (AvgIpc) is 2.53. The Kier molecular flexibility index (Phi) is 5.87. The molecule has 25 heavy (non-hydrogen) atoms. The van der Waals surface area contributed by atoms with Gasteiger partial charge >= 0.3 is 0 Å². The van der Waals surface area contributed by atoms with Gasteiger partial charge in [-0.2, -0.15) is 0 Å². The van der Waals surface area contributed by atoms with Crippen LogP contribution in [0.3, 0.4) is 0 Å². The first kappa shape index (κ1) is 18.6. The van der Waals surface area contributed by atoms with E-state index in [0.717, 1.165) is 17.5 Å². The van der Waals surface area contributed by atoms with Crippen LogP contribution in [0.2, 0.25) is 0 Å². The fourth-order valence-corrected chi connectivity index (χ4v) is 2.51. The predicted octanol–water partition coefficient (Wildman–Crippen LogP) is 2.23. The van der Waals surface area contributed by atoms with Crippen LogP contribution in [0.1, 0.15) is 16.8 Å². The quantitative estimate of drug-likeness (QED) is 0.771. The second-order valence-corrected chi connectivity index (χ2v) is 7.22. The number of aryl methyl sites for hydroxylation is 1. The summed E-state index contributed by atoms with van der Waals surface area (Å²) in [5.41, 5.74) is 2.06. The number of hydrogen-bond donors (Lipinski definition) is 2. The van der Waals surface area contributed by atoms with Crippen molar-refractivity contribution in [1.29, 1.82) is 0 Å². The second kappa shape index (κ2) is 7.89. The minimum atomic E-state index is -3.55. The highest BCUT2D eigenvalue weighted by atomic mass is 32.2. The van der Waals surface area contributed by atoms with Crippen molar-refractivity contribution < 1.29 is 17.6 Å². The summed E-state index contributed by atoms with van der Waals surface area (Å²) in [6, 6.07) is 7.69. The highest BCUT2D eigenvalue weighted by Gasteiger charge is 2.08. The predicted molar refractivity (Wildman–Crippen MR) is 94.7 cm³/mol. The number of carbonyl (C=O) groups excluding carboxylic acids is 1. The van der Waals surface area contributed by atoms with Crippen LogP contribution in [0.4, 0.5) is 10.1 Å². The van der Waals surface area contributed by atoms with Gasteiger partial charge in [0.2, 0.25) is 15.9 Å². The van der Waals surface area contributed by atoms with Crippen molar-refractivity contribution >= 4 is 27.7 Å². The SMILES string of the molecule is Cc1ccc(/C=C/C(=O)NCc2ccc(NS(C)(=O)=O)c(F)c2)cn1. The molecule has 0 aliphatic rings. The molecule has 6 nitrogen and oxygen atoms in total. The Labute approximate surface area is 145 Å². The molecular weight excluding hydrogens is 345 g/mol. The molecule has 0 unspecified atom stereocenters. The number of aromatic nitrogens is 1. The molecule has 0 aliphatic heterocycles. The first-order valence-corrected chi connectivity index (χ1v) is 9.27. The van der Waals surface area contributed by atoms with Crippen LogP contribution in [0.25, 0.3) is 6.08 Å². The number of nitrogens with one attached hydrogen (secondary N) is 2. The van der Waals surface area contributed by atoms with Crippen LogP contribution in [0, 0.1) is 12.7 Å². The van der Waals surface area contributed by atoms with Crippen LogP contribution in [0.5, 0.6) is 0 Å². The van der Waals surface area contributed by atoms with Gasteiger partial charge in [-0.15, -0.1) is 0 Å². The minimum absolute atomic E-state index is 0.116. The maximum atomic E-state index is 13.8. The number of pyridine rings is 1. The monoisotopic (exact) mass is 363 g/mol. The maximum absolute atomic E-state index is 13.8. The number of nitrogens with zero attached hydrogens (tertiary/aromatic N) is 1. The summed E-state index contributed by atoms with van der Waals surface area (Å²) < 4.78 is 38.1. The molecule has 0 fully saturated rings. The first-order chi connectivity index (χ1) is 11.7. The van der Waals surface area contributed by atoms with E-state index in [2.05, 4.69) is 15.0 Å². The Balaban J connectivity index is 1.93. The summed E-state index contributed by atoms with van der Waals surface area (Å²) in [5.74, 6) is -1.04. The Hall–Kier alpha value is -2.74. The minimum Gasteiger partial charge on any atom is -0.348 e. The van der Waals surface area contributed by atoms with Crippen molar-refractivity contribution in [2.45, 2.75) is 13.5 Å². The zero-order chi connectivity index (χ0) is 18.4.